The molecule has 14 heteroatoms. The van der Waals surface area contributed by atoms with Crippen LogP contribution < -0.4 is 11.9 Å². The zero-order chi connectivity index (χ0) is 32.7. The number of quaternary nitrogens is 1. The largest absolute Gasteiger partial charge is 0.744 e. The molecule has 9 nitrogen and oxygen atoms in total. The van der Waals surface area contributed by atoms with Gasteiger partial charge in [0.2, 0.25) is 0 Å². The van der Waals surface area contributed by atoms with Crippen LogP contribution >= 0.6 is 45.3 Å². The van der Waals surface area contributed by atoms with Gasteiger partial charge in [0, 0.05) is 27.9 Å². The van der Waals surface area contributed by atoms with Gasteiger partial charge < -0.3 is 16.4 Å². The van der Waals surface area contributed by atoms with Crippen molar-refractivity contribution in [1.82, 2.24) is 26.1 Å². The second-order valence-electron chi connectivity index (χ2n) is 11.3. The fraction of sp³-hybridized carbons (Fsp3) is 0.0286. The van der Waals surface area contributed by atoms with Gasteiger partial charge >= 0.3 is 0 Å². The molecule has 49 heavy (non-hydrogen) atoms. The van der Waals surface area contributed by atoms with Crippen LogP contribution in [0.5, 0.6) is 0 Å². The van der Waals surface area contributed by atoms with Crippen molar-refractivity contribution in [1.29, 1.82) is 0 Å². The Labute approximate surface area is 295 Å². The Kier molecular flexibility index (Phi) is 7.57. The van der Waals surface area contributed by atoms with Crippen molar-refractivity contribution in [2.75, 3.05) is 5.73 Å². The van der Waals surface area contributed by atoms with E-state index in [1.54, 1.807) is 53.1 Å². The van der Waals surface area contributed by atoms with Crippen LogP contribution in [0.2, 0.25) is 0 Å². The highest BCUT2D eigenvalue weighted by atomic mass is 32.2. The SMILES string of the molecule is Cc1ccc2nc(-c3ccc4nc(-c5ccc6nc(-c7ccc8nc(-c9ccc(N)cc9)sc8c7)sc6c5)sc4c3)sc2c1S(=O)(=O)[O-].[NH4+]. The van der Waals surface area contributed by atoms with Crippen molar-refractivity contribution in [2.24, 2.45) is 0 Å². The summed E-state index contributed by atoms with van der Waals surface area (Å²) in [5.74, 6) is 0. The summed E-state index contributed by atoms with van der Waals surface area (Å²) in [6, 6.07) is 29.6. The van der Waals surface area contributed by atoms with Gasteiger partial charge in [-0.1, -0.05) is 6.07 Å². The Bertz CT molecular complexity index is 2850. The molecule has 0 bridgehead atoms. The van der Waals surface area contributed by atoms with Crippen molar-refractivity contribution >= 4 is 102 Å². The monoisotopic (exact) mass is 736 g/mol. The Morgan fingerprint density at radius 1 is 0.551 bits per heavy atom. The summed E-state index contributed by atoms with van der Waals surface area (Å²) < 4.78 is 39.5. The number of fused-ring (bicyclic) bond motifs is 4. The van der Waals surface area contributed by atoms with Gasteiger partial charge in [0.05, 0.1) is 45.8 Å². The first-order chi connectivity index (χ1) is 23.2. The molecule has 0 saturated carbocycles. The number of hydrogen-bond donors (Lipinski definition) is 2. The molecule has 0 radical (unpaired) electrons. The zero-order valence-electron chi connectivity index (χ0n) is 25.8. The average Bonchev–Trinajstić information content (AvgIpc) is 3.86. The quantitative estimate of drug-likeness (QED) is 0.130. The number of nitrogens with two attached hydrogens (primary N) is 1. The molecule has 0 atom stereocenters. The molecule has 0 unspecified atom stereocenters. The molecule has 5 aromatic carbocycles. The van der Waals surface area contributed by atoms with Crippen molar-refractivity contribution < 1.29 is 13.0 Å². The number of benzene rings is 5. The molecule has 0 fully saturated rings. The van der Waals surface area contributed by atoms with Crippen molar-refractivity contribution in [3.8, 4) is 42.3 Å². The topological polar surface area (TPSA) is 171 Å². The molecule has 9 aromatic rings. The highest BCUT2D eigenvalue weighted by molar-refractivity contribution is 7.86. The molecule has 0 aliphatic heterocycles. The van der Waals surface area contributed by atoms with E-state index < -0.39 is 10.1 Å². The summed E-state index contributed by atoms with van der Waals surface area (Å²) in [5, 5.41) is 3.44. The highest BCUT2D eigenvalue weighted by Gasteiger charge is 2.18. The molecule has 6 N–H and O–H groups in total. The molecule has 0 saturated heterocycles. The van der Waals surface area contributed by atoms with E-state index in [-0.39, 0.29) is 11.0 Å². The lowest BCUT2D eigenvalue weighted by Gasteiger charge is -2.10. The maximum absolute atomic E-state index is 12.0. The van der Waals surface area contributed by atoms with E-state index in [0.29, 0.717) is 20.8 Å². The van der Waals surface area contributed by atoms with Crippen LogP contribution in [0.1, 0.15) is 5.56 Å². The van der Waals surface area contributed by atoms with E-state index in [0.717, 1.165) is 73.6 Å². The minimum atomic E-state index is -4.64. The van der Waals surface area contributed by atoms with E-state index in [1.807, 2.05) is 48.5 Å². The van der Waals surface area contributed by atoms with Crippen molar-refractivity contribution in [3.63, 3.8) is 0 Å². The van der Waals surface area contributed by atoms with Gasteiger partial charge in [0.1, 0.15) is 30.1 Å². The van der Waals surface area contributed by atoms with Gasteiger partial charge in [-0.25, -0.2) is 28.4 Å². The molecule has 0 aliphatic carbocycles. The maximum atomic E-state index is 12.0. The normalized spacial score (nSPS) is 12.0. The predicted octanol–water partition coefficient (Wildman–Crippen LogP) is 9.96. The summed E-state index contributed by atoms with van der Waals surface area (Å²) in [6.45, 7) is 1.62. The first-order valence-corrected chi connectivity index (χ1v) is 19.3. The Hall–Kier alpha value is -4.67. The van der Waals surface area contributed by atoms with E-state index in [1.165, 1.54) is 11.3 Å². The molecule has 9 rings (SSSR count). The summed E-state index contributed by atoms with van der Waals surface area (Å²) >= 11 is 6.10. The second-order valence-corrected chi connectivity index (χ2v) is 16.7. The minimum Gasteiger partial charge on any atom is -0.744 e. The van der Waals surface area contributed by atoms with Crippen LogP contribution in [0.25, 0.3) is 83.2 Å². The summed E-state index contributed by atoms with van der Waals surface area (Å²) in [7, 11) is -4.64. The first kappa shape index (κ1) is 31.6. The number of thiazole rings is 4. The molecule has 0 aliphatic rings. The van der Waals surface area contributed by atoms with E-state index in [9.17, 15) is 13.0 Å². The number of nitrogen functional groups attached to an aromatic ring is 1. The molecular formula is C35H24N6O3S5. The standard InChI is InChI=1S/C35H21N5O3S5.H3N/c1-17-2-10-26-30(31(17)48(41,42)43)47-35(40-26)21-7-13-25-29(16-21)46-34(39-25)20-6-12-24-28(15-20)45-33(38-24)19-5-11-23-27(14-19)44-32(37-23)18-3-8-22(36)9-4-18;/h2-16H,36H2,1H3,(H,41,42,43);1H3. The van der Waals surface area contributed by atoms with Gasteiger partial charge in [-0.3, -0.25) is 0 Å². The van der Waals surface area contributed by atoms with Gasteiger partial charge in [0.25, 0.3) is 0 Å². The predicted molar refractivity (Wildman–Crippen MR) is 204 cm³/mol. The number of nitrogens with zero attached hydrogens (tertiary/aromatic N) is 4. The van der Waals surface area contributed by atoms with Gasteiger partial charge in [-0.05, 0) is 97.4 Å². The number of anilines is 1. The van der Waals surface area contributed by atoms with Crippen molar-refractivity contribution in [2.45, 2.75) is 11.8 Å². The van der Waals surface area contributed by atoms with Crippen LogP contribution in [0.4, 0.5) is 5.69 Å². The Morgan fingerprint density at radius 2 is 0.939 bits per heavy atom. The van der Waals surface area contributed by atoms with Crippen LogP contribution in [-0.4, -0.2) is 32.9 Å². The van der Waals surface area contributed by atoms with Crippen molar-refractivity contribution in [3.05, 3.63) is 96.6 Å². The number of aromatic nitrogens is 4. The first-order valence-electron chi connectivity index (χ1n) is 14.6. The van der Waals surface area contributed by atoms with Gasteiger partial charge in [0.15, 0.2) is 0 Å². The second kappa shape index (κ2) is 11.7. The van der Waals surface area contributed by atoms with Crippen LogP contribution in [0.15, 0.2) is 95.9 Å². The Balaban J connectivity index is 0.00000348. The number of rotatable bonds is 5. The highest BCUT2D eigenvalue weighted by Crippen LogP contribution is 2.40. The molecule has 0 amide bonds. The lowest BCUT2D eigenvalue weighted by atomic mass is 10.2. The third-order valence-corrected chi connectivity index (χ3v) is 13.5. The number of aryl methyl sites for hydroxylation is 1. The van der Waals surface area contributed by atoms with E-state index in [2.05, 4.69) is 35.3 Å². The maximum Gasteiger partial charge on any atom is 0.126 e. The van der Waals surface area contributed by atoms with Crippen LogP contribution in [-0.2, 0) is 10.1 Å². The number of hydrogen-bond acceptors (Lipinski definition) is 12. The summed E-state index contributed by atoms with van der Waals surface area (Å²) in [6.07, 6.45) is 0. The fourth-order valence-corrected chi connectivity index (χ4v) is 11.0. The Morgan fingerprint density at radius 3 is 1.41 bits per heavy atom. The van der Waals surface area contributed by atoms with Crippen LogP contribution in [0, 0.1) is 6.92 Å². The summed E-state index contributed by atoms with van der Waals surface area (Å²) in [4.78, 5) is 19.1. The molecule has 4 aromatic heterocycles. The average molecular weight is 737 g/mol. The minimum absolute atomic E-state index is 0. The summed E-state index contributed by atoms with van der Waals surface area (Å²) in [5.41, 5.74) is 14.2. The molecular weight excluding hydrogens is 713 g/mol. The third kappa shape index (κ3) is 5.56. The molecule has 242 valence electrons. The van der Waals surface area contributed by atoms with Gasteiger partial charge in [-0.2, -0.15) is 0 Å². The fourth-order valence-electron chi connectivity index (χ4n) is 5.67. The van der Waals surface area contributed by atoms with E-state index in [4.69, 9.17) is 20.7 Å². The molecule has 4 heterocycles. The lowest BCUT2D eigenvalue weighted by Crippen LogP contribution is -2.01. The third-order valence-electron chi connectivity index (χ3n) is 8.02. The lowest BCUT2D eigenvalue weighted by molar-refractivity contribution is 0.463. The smallest absolute Gasteiger partial charge is 0.126 e. The zero-order valence-corrected chi connectivity index (χ0v) is 29.9. The van der Waals surface area contributed by atoms with E-state index >= 15 is 0 Å². The molecule has 0 spiro atoms. The van der Waals surface area contributed by atoms with Crippen LogP contribution in [0.3, 0.4) is 0 Å². The van der Waals surface area contributed by atoms with Gasteiger partial charge in [-0.15, -0.1) is 45.3 Å².